The van der Waals surface area contributed by atoms with Crippen LogP contribution in [0.4, 0.5) is 0 Å². The van der Waals surface area contributed by atoms with Crippen LogP contribution >= 0.6 is 0 Å². The van der Waals surface area contributed by atoms with Gasteiger partial charge in [-0.1, -0.05) is 0 Å². The van der Waals surface area contributed by atoms with Crippen molar-refractivity contribution >= 4 is 0 Å². The Morgan fingerprint density at radius 3 is 2.91 bits per heavy atom. The second-order valence-corrected chi connectivity index (χ2v) is 2.77. The number of aliphatic hydroxyl groups is 1. The summed E-state index contributed by atoms with van der Waals surface area (Å²) in [5, 5.41) is 13.1. The van der Waals surface area contributed by atoms with Crippen LogP contribution in [-0.2, 0) is 5.60 Å². The van der Waals surface area contributed by atoms with Gasteiger partial charge in [0.15, 0.2) is 5.76 Å². The zero-order valence-corrected chi connectivity index (χ0v) is 6.20. The van der Waals surface area contributed by atoms with Crippen molar-refractivity contribution in [1.82, 2.24) is 5.16 Å². The minimum atomic E-state index is -0.746. The minimum Gasteiger partial charge on any atom is -0.479 e. The summed E-state index contributed by atoms with van der Waals surface area (Å²) in [6.45, 7) is 0. The van der Waals surface area contributed by atoms with E-state index >= 15 is 0 Å². The molecule has 0 saturated heterocycles. The monoisotopic (exact) mass is 155 g/mol. The van der Waals surface area contributed by atoms with Crippen molar-refractivity contribution in [1.29, 1.82) is 0 Å². The van der Waals surface area contributed by atoms with E-state index in [9.17, 15) is 5.11 Å². The van der Waals surface area contributed by atoms with E-state index in [1.807, 2.05) is 0 Å². The summed E-state index contributed by atoms with van der Waals surface area (Å²) in [4.78, 5) is 0. The lowest BCUT2D eigenvalue weighted by Gasteiger charge is -1.97. The largest absolute Gasteiger partial charge is 0.479 e. The van der Waals surface area contributed by atoms with Crippen LogP contribution in [-0.4, -0.2) is 17.4 Å². The highest BCUT2D eigenvalue weighted by Crippen LogP contribution is 2.45. The Labute approximate surface area is 63.8 Å². The number of hydrogen-bond acceptors (Lipinski definition) is 4. The third kappa shape index (κ3) is 0.991. The molecule has 0 unspecified atom stereocenters. The van der Waals surface area contributed by atoms with Crippen molar-refractivity contribution in [2.24, 2.45) is 0 Å². The highest BCUT2D eigenvalue weighted by molar-refractivity contribution is 5.21. The molecular weight excluding hydrogens is 146 g/mol. The summed E-state index contributed by atoms with van der Waals surface area (Å²) in [7, 11) is 1.51. The van der Waals surface area contributed by atoms with Crippen molar-refractivity contribution in [3.05, 3.63) is 11.8 Å². The first kappa shape index (κ1) is 6.67. The smallest absolute Gasteiger partial charge is 0.254 e. The Kier molecular flexibility index (Phi) is 1.20. The summed E-state index contributed by atoms with van der Waals surface area (Å²) in [5.74, 6) is 0.926. The van der Waals surface area contributed by atoms with Gasteiger partial charge in [0.1, 0.15) is 5.60 Å². The first-order chi connectivity index (χ1) is 5.24. The van der Waals surface area contributed by atoms with E-state index in [-0.39, 0.29) is 0 Å². The van der Waals surface area contributed by atoms with Gasteiger partial charge < -0.3 is 14.4 Å². The molecular formula is C7H9NO3. The van der Waals surface area contributed by atoms with E-state index < -0.39 is 5.60 Å². The summed E-state index contributed by atoms with van der Waals surface area (Å²) >= 11 is 0. The van der Waals surface area contributed by atoms with E-state index in [1.165, 1.54) is 7.11 Å². The zero-order valence-electron chi connectivity index (χ0n) is 6.20. The van der Waals surface area contributed by atoms with Crippen LogP contribution in [0.1, 0.15) is 18.6 Å². The SMILES string of the molecule is COc1cc(C2(O)CC2)on1. The van der Waals surface area contributed by atoms with Crippen LogP contribution in [0.3, 0.4) is 0 Å². The third-order valence-corrected chi connectivity index (χ3v) is 1.88. The molecule has 1 saturated carbocycles. The molecule has 0 bridgehead atoms. The molecule has 0 radical (unpaired) electrons. The van der Waals surface area contributed by atoms with Crippen LogP contribution in [0.15, 0.2) is 10.6 Å². The molecule has 1 aromatic heterocycles. The fourth-order valence-electron chi connectivity index (χ4n) is 0.939. The summed E-state index contributed by atoms with van der Waals surface area (Å²) in [6, 6.07) is 1.62. The molecule has 1 N–H and O–H groups in total. The third-order valence-electron chi connectivity index (χ3n) is 1.88. The normalized spacial score (nSPS) is 19.8. The molecule has 0 amide bonds. The summed E-state index contributed by atoms with van der Waals surface area (Å²) < 4.78 is 9.66. The lowest BCUT2D eigenvalue weighted by molar-refractivity contribution is 0.113. The van der Waals surface area contributed by atoms with E-state index in [1.54, 1.807) is 6.07 Å². The average molecular weight is 155 g/mol. The Morgan fingerprint density at radius 2 is 2.45 bits per heavy atom. The lowest BCUT2D eigenvalue weighted by Crippen LogP contribution is -2.01. The molecule has 0 atom stereocenters. The fourth-order valence-corrected chi connectivity index (χ4v) is 0.939. The molecule has 1 fully saturated rings. The second-order valence-electron chi connectivity index (χ2n) is 2.77. The second kappa shape index (κ2) is 1.98. The average Bonchev–Trinajstić information content (AvgIpc) is 2.61. The standard InChI is InChI=1S/C7H9NO3/c1-10-6-4-5(11-8-6)7(9)2-3-7/h4,9H,2-3H2,1H3. The highest BCUT2D eigenvalue weighted by atomic mass is 16.5. The predicted octanol–water partition coefficient (Wildman–Crippen LogP) is 0.665. The minimum absolute atomic E-state index is 0.417. The van der Waals surface area contributed by atoms with Crippen molar-refractivity contribution in [2.75, 3.05) is 7.11 Å². The van der Waals surface area contributed by atoms with Gasteiger partial charge in [-0.15, -0.1) is 0 Å². The van der Waals surface area contributed by atoms with Gasteiger partial charge in [0.05, 0.1) is 7.11 Å². The Hall–Kier alpha value is -1.03. The van der Waals surface area contributed by atoms with Gasteiger partial charge >= 0.3 is 0 Å². The molecule has 1 aliphatic carbocycles. The number of rotatable bonds is 2. The number of methoxy groups -OCH3 is 1. The maximum atomic E-state index is 9.52. The molecule has 60 valence electrons. The lowest BCUT2D eigenvalue weighted by atomic mass is 10.2. The quantitative estimate of drug-likeness (QED) is 0.681. The van der Waals surface area contributed by atoms with Gasteiger partial charge in [0.2, 0.25) is 0 Å². The Bertz CT molecular complexity index is 264. The molecule has 2 rings (SSSR count). The first-order valence-corrected chi connectivity index (χ1v) is 3.48. The van der Waals surface area contributed by atoms with E-state index in [0.717, 1.165) is 12.8 Å². The summed E-state index contributed by atoms with van der Waals surface area (Å²) in [6.07, 6.45) is 1.51. The maximum absolute atomic E-state index is 9.52. The van der Waals surface area contributed by atoms with Crippen molar-refractivity contribution in [3.63, 3.8) is 0 Å². The van der Waals surface area contributed by atoms with Gasteiger partial charge in [-0.05, 0) is 18.0 Å². The van der Waals surface area contributed by atoms with E-state index in [0.29, 0.717) is 11.6 Å². The fraction of sp³-hybridized carbons (Fsp3) is 0.571. The molecule has 0 spiro atoms. The van der Waals surface area contributed by atoms with Gasteiger partial charge in [-0.2, -0.15) is 0 Å². The molecule has 1 heterocycles. The van der Waals surface area contributed by atoms with Crippen LogP contribution in [0.2, 0.25) is 0 Å². The molecule has 1 aromatic rings. The number of aromatic nitrogens is 1. The van der Waals surface area contributed by atoms with Crippen molar-refractivity contribution in [2.45, 2.75) is 18.4 Å². The van der Waals surface area contributed by atoms with Crippen LogP contribution in [0.25, 0.3) is 0 Å². The van der Waals surface area contributed by atoms with Crippen LogP contribution in [0.5, 0.6) is 5.88 Å². The predicted molar refractivity (Wildman–Crippen MR) is 36.2 cm³/mol. The van der Waals surface area contributed by atoms with Crippen molar-refractivity contribution < 1.29 is 14.4 Å². The number of hydrogen-bond donors (Lipinski definition) is 1. The van der Waals surface area contributed by atoms with Gasteiger partial charge in [0, 0.05) is 6.07 Å². The Balaban J connectivity index is 2.25. The van der Waals surface area contributed by atoms with Crippen molar-refractivity contribution in [3.8, 4) is 5.88 Å². The van der Waals surface area contributed by atoms with Gasteiger partial charge in [-0.3, -0.25) is 0 Å². The van der Waals surface area contributed by atoms with E-state index in [2.05, 4.69) is 5.16 Å². The zero-order chi connectivity index (χ0) is 7.90. The highest BCUT2D eigenvalue weighted by Gasteiger charge is 2.46. The molecule has 11 heavy (non-hydrogen) atoms. The molecule has 4 nitrogen and oxygen atoms in total. The van der Waals surface area contributed by atoms with Crippen LogP contribution in [0, 0.1) is 0 Å². The summed E-state index contributed by atoms with van der Waals surface area (Å²) in [5.41, 5.74) is -0.746. The molecule has 1 aliphatic rings. The number of ether oxygens (including phenoxy) is 1. The maximum Gasteiger partial charge on any atom is 0.254 e. The Morgan fingerprint density at radius 1 is 1.73 bits per heavy atom. The molecule has 0 aliphatic heterocycles. The van der Waals surface area contributed by atoms with Crippen LogP contribution < -0.4 is 4.74 Å². The number of nitrogens with zero attached hydrogens (tertiary/aromatic N) is 1. The van der Waals surface area contributed by atoms with Gasteiger partial charge in [0.25, 0.3) is 5.88 Å². The first-order valence-electron chi connectivity index (χ1n) is 3.48. The molecule has 4 heteroatoms. The van der Waals surface area contributed by atoms with E-state index in [4.69, 9.17) is 9.26 Å². The van der Waals surface area contributed by atoms with Gasteiger partial charge in [-0.25, -0.2) is 0 Å². The molecule has 0 aromatic carbocycles. The topological polar surface area (TPSA) is 55.5 Å².